The van der Waals surface area contributed by atoms with Crippen LogP contribution in [0.25, 0.3) is 11.0 Å². The molecule has 0 aliphatic rings. The molecule has 0 spiro atoms. The smallest absolute Gasteiger partial charge is 0.416 e. The van der Waals surface area contributed by atoms with Gasteiger partial charge in [0.1, 0.15) is 11.9 Å². The van der Waals surface area contributed by atoms with Crippen molar-refractivity contribution in [1.29, 1.82) is 0 Å². The monoisotopic (exact) mass is 462 g/mol. The minimum Gasteiger partial charge on any atom is -0.481 e. The number of fused-ring (bicyclic) bond motifs is 1. The van der Waals surface area contributed by atoms with E-state index < -0.39 is 42.0 Å². The van der Waals surface area contributed by atoms with E-state index in [-0.39, 0.29) is 28.8 Å². The van der Waals surface area contributed by atoms with Gasteiger partial charge in [-0.25, -0.2) is 9.78 Å². The number of aliphatic carboxylic acids is 2. The Kier molecular flexibility index (Phi) is 6.75. The highest BCUT2D eigenvalue weighted by molar-refractivity contribution is 5.97. The number of halogens is 3. The van der Waals surface area contributed by atoms with Crippen molar-refractivity contribution in [3.63, 3.8) is 0 Å². The second-order valence-electron chi connectivity index (χ2n) is 6.96. The summed E-state index contributed by atoms with van der Waals surface area (Å²) in [5.74, 6) is -3.06. The van der Waals surface area contributed by atoms with Crippen LogP contribution in [0.2, 0.25) is 0 Å². The number of alkyl halides is 3. The molecule has 172 valence electrons. The fourth-order valence-corrected chi connectivity index (χ4v) is 2.87. The zero-order valence-corrected chi connectivity index (χ0v) is 16.8. The number of rotatable bonds is 8. The van der Waals surface area contributed by atoms with Crippen LogP contribution in [0.3, 0.4) is 0 Å². The highest BCUT2D eigenvalue weighted by Gasteiger charge is 2.30. The molecule has 1 aromatic heterocycles. The molecule has 3 aromatic rings. The molecule has 1 amide bonds. The van der Waals surface area contributed by atoms with E-state index in [2.05, 4.69) is 20.6 Å². The molecule has 1 atom stereocenters. The van der Waals surface area contributed by atoms with Gasteiger partial charge in [-0.3, -0.25) is 14.6 Å². The number of hydrogen-bond acceptors (Lipinski definition) is 6. The Hall–Kier alpha value is -4.22. The van der Waals surface area contributed by atoms with Crippen molar-refractivity contribution in [2.45, 2.75) is 25.1 Å². The van der Waals surface area contributed by atoms with E-state index in [1.54, 1.807) is 0 Å². The van der Waals surface area contributed by atoms with E-state index in [4.69, 9.17) is 10.2 Å². The summed E-state index contributed by atoms with van der Waals surface area (Å²) in [5.41, 5.74) is 0.0672. The minimum atomic E-state index is -4.51. The van der Waals surface area contributed by atoms with Crippen molar-refractivity contribution in [3.05, 3.63) is 59.8 Å². The van der Waals surface area contributed by atoms with Crippen molar-refractivity contribution in [2.75, 3.05) is 5.32 Å². The zero-order chi connectivity index (χ0) is 24.2. The van der Waals surface area contributed by atoms with E-state index in [1.807, 2.05) is 0 Å². The van der Waals surface area contributed by atoms with Crippen LogP contribution in [0.1, 0.15) is 28.8 Å². The summed E-state index contributed by atoms with van der Waals surface area (Å²) in [5, 5.41) is 22.9. The number of aromatic nitrogens is 2. The lowest BCUT2D eigenvalue weighted by atomic mass is 10.1. The second-order valence-corrected chi connectivity index (χ2v) is 6.96. The number of carbonyl (C=O) groups excluding carboxylic acids is 1. The van der Waals surface area contributed by atoms with Gasteiger partial charge in [0.25, 0.3) is 5.91 Å². The Morgan fingerprint density at radius 2 is 1.70 bits per heavy atom. The van der Waals surface area contributed by atoms with Gasteiger partial charge in [-0.05, 0) is 48.9 Å². The molecule has 4 N–H and O–H groups in total. The number of carboxylic acids is 2. The first-order chi connectivity index (χ1) is 15.5. The average Bonchev–Trinajstić information content (AvgIpc) is 2.75. The molecule has 0 saturated heterocycles. The fourth-order valence-electron chi connectivity index (χ4n) is 2.87. The first-order valence-electron chi connectivity index (χ1n) is 9.49. The van der Waals surface area contributed by atoms with Crippen LogP contribution < -0.4 is 10.6 Å². The number of carboxylic acid groups (broad SMARTS) is 2. The molecule has 0 aliphatic carbocycles. The average molecular weight is 462 g/mol. The number of hydrogen-bond donors (Lipinski definition) is 4. The molecular formula is C21H17F3N4O5. The Balaban J connectivity index is 1.71. The van der Waals surface area contributed by atoms with Gasteiger partial charge in [0.05, 0.1) is 22.8 Å². The number of carbonyl (C=O) groups is 3. The molecule has 33 heavy (non-hydrogen) atoms. The van der Waals surface area contributed by atoms with Gasteiger partial charge in [-0.1, -0.05) is 0 Å². The lowest BCUT2D eigenvalue weighted by molar-refractivity contribution is -0.141. The van der Waals surface area contributed by atoms with Crippen LogP contribution in [0, 0.1) is 0 Å². The molecule has 9 nitrogen and oxygen atoms in total. The summed E-state index contributed by atoms with van der Waals surface area (Å²) >= 11 is 0. The summed E-state index contributed by atoms with van der Waals surface area (Å²) in [7, 11) is 0. The summed E-state index contributed by atoms with van der Waals surface area (Å²) in [6.45, 7) is 0. The number of amides is 1. The quantitative estimate of drug-likeness (QED) is 0.399. The molecule has 3 rings (SSSR count). The van der Waals surface area contributed by atoms with Gasteiger partial charge in [0.15, 0.2) is 0 Å². The maximum absolute atomic E-state index is 12.9. The van der Waals surface area contributed by atoms with Crippen LogP contribution in [-0.4, -0.2) is 44.1 Å². The number of anilines is 2. The summed E-state index contributed by atoms with van der Waals surface area (Å²) in [4.78, 5) is 42.3. The standard InChI is InChI=1S/C21H17F3N4O5/c22-21(23,24)12-3-6-14-16(9-12)27-17(10-25-14)26-13-4-1-11(2-5-13)19(31)28-15(20(32)33)7-8-18(29)30/h1-6,9-10,15H,7-8H2,(H,26,27)(H,28,31)(H,29,30)(H,32,33). The topological polar surface area (TPSA) is 142 Å². The fraction of sp³-hybridized carbons (Fsp3) is 0.190. The van der Waals surface area contributed by atoms with Crippen LogP contribution in [0.4, 0.5) is 24.7 Å². The minimum absolute atomic E-state index is 0.0481. The van der Waals surface area contributed by atoms with Crippen molar-refractivity contribution >= 4 is 40.4 Å². The van der Waals surface area contributed by atoms with Gasteiger partial charge < -0.3 is 20.8 Å². The van der Waals surface area contributed by atoms with E-state index in [9.17, 15) is 27.6 Å². The molecular weight excluding hydrogens is 445 g/mol. The molecule has 2 aromatic carbocycles. The molecule has 0 aliphatic heterocycles. The van der Waals surface area contributed by atoms with Crippen molar-refractivity contribution < 1.29 is 37.8 Å². The predicted octanol–water partition coefficient (Wildman–Crippen LogP) is 3.44. The van der Waals surface area contributed by atoms with Crippen LogP contribution in [0.15, 0.2) is 48.7 Å². The third-order valence-electron chi connectivity index (χ3n) is 4.54. The lowest BCUT2D eigenvalue weighted by Gasteiger charge is -2.14. The summed E-state index contributed by atoms with van der Waals surface area (Å²) < 4.78 is 38.7. The Bertz CT molecular complexity index is 1200. The number of nitrogens with zero attached hydrogens (tertiary/aromatic N) is 2. The largest absolute Gasteiger partial charge is 0.481 e. The van der Waals surface area contributed by atoms with Gasteiger partial charge in [-0.15, -0.1) is 0 Å². The van der Waals surface area contributed by atoms with Crippen LogP contribution >= 0.6 is 0 Å². The second kappa shape index (κ2) is 9.51. The highest BCUT2D eigenvalue weighted by Crippen LogP contribution is 2.31. The maximum atomic E-state index is 12.9. The highest BCUT2D eigenvalue weighted by atomic mass is 19.4. The van der Waals surface area contributed by atoms with Crippen molar-refractivity contribution in [2.24, 2.45) is 0 Å². The first-order valence-corrected chi connectivity index (χ1v) is 9.49. The first kappa shape index (κ1) is 23.4. The molecule has 0 bridgehead atoms. The van der Waals surface area contributed by atoms with Gasteiger partial charge >= 0.3 is 18.1 Å². The van der Waals surface area contributed by atoms with E-state index in [1.165, 1.54) is 36.5 Å². The third-order valence-corrected chi connectivity index (χ3v) is 4.54. The van der Waals surface area contributed by atoms with Crippen molar-refractivity contribution in [3.8, 4) is 0 Å². The predicted molar refractivity (Wildman–Crippen MR) is 110 cm³/mol. The SMILES string of the molecule is O=C(O)CCC(NC(=O)c1ccc(Nc2cnc3ccc(C(F)(F)F)cc3n2)cc1)C(=O)O. The summed E-state index contributed by atoms with van der Waals surface area (Å²) in [6, 6.07) is 7.44. The van der Waals surface area contributed by atoms with Crippen LogP contribution in [0.5, 0.6) is 0 Å². The lowest BCUT2D eigenvalue weighted by Crippen LogP contribution is -2.41. The normalized spacial score (nSPS) is 12.2. The Morgan fingerprint density at radius 3 is 2.30 bits per heavy atom. The molecule has 1 heterocycles. The number of nitrogens with one attached hydrogen (secondary N) is 2. The van der Waals surface area contributed by atoms with E-state index in [0.717, 1.165) is 12.1 Å². The van der Waals surface area contributed by atoms with Crippen molar-refractivity contribution in [1.82, 2.24) is 15.3 Å². The summed E-state index contributed by atoms with van der Waals surface area (Å²) in [6.07, 6.45) is -3.86. The zero-order valence-electron chi connectivity index (χ0n) is 16.8. The number of benzene rings is 2. The van der Waals surface area contributed by atoms with E-state index >= 15 is 0 Å². The van der Waals surface area contributed by atoms with Gasteiger partial charge in [-0.2, -0.15) is 13.2 Å². The molecule has 0 saturated carbocycles. The molecule has 12 heteroatoms. The Morgan fingerprint density at radius 1 is 1.00 bits per heavy atom. The molecule has 0 radical (unpaired) electrons. The molecule has 0 fully saturated rings. The Labute approximate surface area is 184 Å². The van der Waals surface area contributed by atoms with Crippen LogP contribution in [-0.2, 0) is 15.8 Å². The molecule has 1 unspecified atom stereocenters. The third kappa shape index (κ3) is 6.15. The maximum Gasteiger partial charge on any atom is 0.416 e. The van der Waals surface area contributed by atoms with E-state index in [0.29, 0.717) is 5.69 Å². The van der Waals surface area contributed by atoms with Gasteiger partial charge in [0.2, 0.25) is 0 Å². The van der Waals surface area contributed by atoms with Gasteiger partial charge in [0, 0.05) is 17.7 Å².